The molecular formula is C13H28N4O3. The number of carboxylic acids is 1. The lowest BCUT2D eigenvalue weighted by atomic mass is 10.2. The van der Waals surface area contributed by atoms with Gasteiger partial charge < -0.3 is 26.8 Å². The van der Waals surface area contributed by atoms with E-state index in [1.807, 2.05) is 0 Å². The van der Waals surface area contributed by atoms with Crippen LogP contribution < -0.4 is 16.8 Å². The van der Waals surface area contributed by atoms with Crippen LogP contribution in [-0.2, 0) is 9.59 Å². The number of unbranched alkanes of at least 4 members (excludes halogenated alkanes) is 1. The first-order valence-electron chi connectivity index (χ1n) is 7.22. The Kier molecular flexibility index (Phi) is 12.1. The molecule has 7 heteroatoms. The molecule has 0 radical (unpaired) electrons. The fraction of sp³-hybridized carbons (Fsp3) is 0.846. The van der Waals surface area contributed by atoms with Gasteiger partial charge in [0.1, 0.15) is 6.42 Å². The molecule has 0 aliphatic carbocycles. The quantitative estimate of drug-likeness (QED) is 0.264. The summed E-state index contributed by atoms with van der Waals surface area (Å²) >= 11 is 0. The van der Waals surface area contributed by atoms with Crippen molar-refractivity contribution in [3.63, 3.8) is 0 Å². The molecule has 0 bridgehead atoms. The van der Waals surface area contributed by atoms with Crippen LogP contribution in [0.2, 0.25) is 0 Å². The number of nitrogens with one attached hydrogen (secondary N) is 1. The van der Waals surface area contributed by atoms with Gasteiger partial charge >= 0.3 is 5.97 Å². The molecule has 0 aromatic heterocycles. The largest absolute Gasteiger partial charge is 0.481 e. The second-order valence-electron chi connectivity index (χ2n) is 4.69. The lowest BCUT2D eigenvalue weighted by molar-refractivity contribution is -0.144. The number of nitrogens with two attached hydrogens (primary N) is 2. The van der Waals surface area contributed by atoms with E-state index in [0.29, 0.717) is 32.6 Å². The smallest absolute Gasteiger partial charge is 0.312 e. The van der Waals surface area contributed by atoms with Gasteiger partial charge in [0, 0.05) is 13.1 Å². The Hall–Kier alpha value is -1.18. The van der Waals surface area contributed by atoms with Gasteiger partial charge in [-0.25, -0.2) is 0 Å². The normalized spacial score (nSPS) is 10.5. The van der Waals surface area contributed by atoms with E-state index in [0.717, 1.165) is 32.4 Å². The van der Waals surface area contributed by atoms with Gasteiger partial charge in [-0.1, -0.05) is 0 Å². The van der Waals surface area contributed by atoms with E-state index in [1.54, 1.807) is 4.90 Å². The molecule has 0 rings (SSSR count). The molecule has 0 aliphatic rings. The molecule has 118 valence electrons. The van der Waals surface area contributed by atoms with E-state index in [9.17, 15) is 9.59 Å². The van der Waals surface area contributed by atoms with Crippen molar-refractivity contribution in [2.24, 2.45) is 11.5 Å². The van der Waals surface area contributed by atoms with Gasteiger partial charge in [0.25, 0.3) is 0 Å². The number of nitrogens with zero attached hydrogens (tertiary/aromatic N) is 1. The number of carbonyl (C=O) groups is 2. The van der Waals surface area contributed by atoms with Gasteiger partial charge in [-0.15, -0.1) is 0 Å². The maximum absolute atomic E-state index is 11.7. The van der Waals surface area contributed by atoms with Crippen LogP contribution in [0.1, 0.15) is 32.1 Å². The highest BCUT2D eigenvalue weighted by Crippen LogP contribution is 2.00. The van der Waals surface area contributed by atoms with Gasteiger partial charge in [0.2, 0.25) is 5.91 Å². The van der Waals surface area contributed by atoms with Crippen molar-refractivity contribution in [3.8, 4) is 0 Å². The number of hydrogen-bond donors (Lipinski definition) is 4. The summed E-state index contributed by atoms with van der Waals surface area (Å²) in [5, 5.41) is 11.9. The van der Waals surface area contributed by atoms with Crippen molar-refractivity contribution in [2.75, 3.05) is 39.3 Å². The minimum absolute atomic E-state index is 0.331. The average molecular weight is 288 g/mol. The van der Waals surface area contributed by atoms with Crippen LogP contribution in [0.15, 0.2) is 0 Å². The summed E-state index contributed by atoms with van der Waals surface area (Å²) in [4.78, 5) is 23.9. The molecule has 0 saturated carbocycles. The summed E-state index contributed by atoms with van der Waals surface area (Å²) in [6.45, 7) is 4.10. The molecule has 6 N–H and O–H groups in total. The van der Waals surface area contributed by atoms with Crippen LogP contribution in [0.5, 0.6) is 0 Å². The minimum Gasteiger partial charge on any atom is -0.481 e. The zero-order valence-electron chi connectivity index (χ0n) is 12.1. The fourth-order valence-electron chi connectivity index (χ4n) is 1.79. The molecule has 7 nitrogen and oxygen atoms in total. The van der Waals surface area contributed by atoms with Crippen molar-refractivity contribution < 1.29 is 14.7 Å². The highest BCUT2D eigenvalue weighted by molar-refractivity contribution is 5.93. The third-order valence-corrected chi connectivity index (χ3v) is 2.88. The highest BCUT2D eigenvalue weighted by Gasteiger charge is 2.15. The Bertz CT molecular complexity index is 274. The number of aliphatic carboxylic acids is 1. The molecule has 0 saturated heterocycles. The first kappa shape index (κ1) is 18.8. The monoisotopic (exact) mass is 288 g/mol. The van der Waals surface area contributed by atoms with Crippen molar-refractivity contribution in [1.29, 1.82) is 0 Å². The van der Waals surface area contributed by atoms with Crippen LogP contribution in [0.4, 0.5) is 0 Å². The van der Waals surface area contributed by atoms with Gasteiger partial charge in [-0.05, 0) is 51.9 Å². The van der Waals surface area contributed by atoms with Crippen LogP contribution >= 0.6 is 0 Å². The first-order valence-corrected chi connectivity index (χ1v) is 7.22. The molecule has 0 spiro atoms. The molecule has 1 amide bonds. The zero-order valence-corrected chi connectivity index (χ0v) is 12.1. The summed E-state index contributed by atoms with van der Waals surface area (Å²) in [6.07, 6.45) is 3.01. The van der Waals surface area contributed by atoms with Crippen LogP contribution in [0, 0.1) is 0 Å². The van der Waals surface area contributed by atoms with Gasteiger partial charge in [0.15, 0.2) is 0 Å². The van der Waals surface area contributed by atoms with Crippen LogP contribution in [-0.4, -0.2) is 61.2 Å². The van der Waals surface area contributed by atoms with E-state index in [-0.39, 0.29) is 5.91 Å². The minimum atomic E-state index is -1.09. The number of rotatable bonds is 13. The SMILES string of the molecule is NCCCNCCCCN(CCCN)C(=O)CC(=O)O. The molecule has 0 atom stereocenters. The number of carbonyl (C=O) groups excluding carboxylic acids is 1. The Morgan fingerprint density at radius 2 is 1.55 bits per heavy atom. The third kappa shape index (κ3) is 10.7. The van der Waals surface area contributed by atoms with E-state index in [1.165, 1.54) is 0 Å². The first-order chi connectivity index (χ1) is 9.61. The summed E-state index contributed by atoms with van der Waals surface area (Å²) in [5.74, 6) is -1.42. The van der Waals surface area contributed by atoms with Crippen LogP contribution in [0.25, 0.3) is 0 Å². The van der Waals surface area contributed by atoms with Crippen molar-refractivity contribution in [2.45, 2.75) is 32.1 Å². The zero-order chi connectivity index (χ0) is 15.2. The molecule has 0 aliphatic heterocycles. The standard InChI is InChI=1S/C13H28N4O3/c14-5-3-8-16-7-1-2-9-17(10-4-6-15)12(18)11-13(19)20/h16H,1-11,14-15H2,(H,19,20). The van der Waals surface area contributed by atoms with Crippen molar-refractivity contribution in [3.05, 3.63) is 0 Å². The molecule has 0 unspecified atom stereocenters. The number of hydrogen-bond acceptors (Lipinski definition) is 5. The molecule has 0 fully saturated rings. The second kappa shape index (κ2) is 12.8. The molecule has 0 aromatic rings. The van der Waals surface area contributed by atoms with Crippen molar-refractivity contribution in [1.82, 2.24) is 10.2 Å². The fourth-order valence-corrected chi connectivity index (χ4v) is 1.79. The average Bonchev–Trinajstić information content (AvgIpc) is 2.40. The Morgan fingerprint density at radius 1 is 0.950 bits per heavy atom. The Morgan fingerprint density at radius 3 is 2.15 bits per heavy atom. The van der Waals surface area contributed by atoms with Gasteiger partial charge in [0.05, 0.1) is 0 Å². The molecule has 0 heterocycles. The van der Waals surface area contributed by atoms with E-state index in [2.05, 4.69) is 5.32 Å². The number of amides is 1. The topological polar surface area (TPSA) is 122 Å². The molecular weight excluding hydrogens is 260 g/mol. The summed E-state index contributed by atoms with van der Waals surface area (Å²) in [6, 6.07) is 0. The third-order valence-electron chi connectivity index (χ3n) is 2.88. The van der Waals surface area contributed by atoms with Crippen LogP contribution in [0.3, 0.4) is 0 Å². The lowest BCUT2D eigenvalue weighted by Crippen LogP contribution is -2.35. The number of carboxylic acid groups (broad SMARTS) is 1. The Labute approximate surface area is 120 Å². The maximum Gasteiger partial charge on any atom is 0.312 e. The predicted molar refractivity (Wildman–Crippen MR) is 78.3 cm³/mol. The predicted octanol–water partition coefficient (Wildman–Crippen LogP) is -0.643. The van der Waals surface area contributed by atoms with Crippen molar-refractivity contribution >= 4 is 11.9 Å². The second-order valence-corrected chi connectivity index (χ2v) is 4.69. The van der Waals surface area contributed by atoms with Gasteiger partial charge in [-0.2, -0.15) is 0 Å². The maximum atomic E-state index is 11.7. The lowest BCUT2D eigenvalue weighted by Gasteiger charge is -2.21. The summed E-state index contributed by atoms with van der Waals surface area (Å²) in [5.41, 5.74) is 10.8. The molecule has 20 heavy (non-hydrogen) atoms. The highest BCUT2D eigenvalue weighted by atomic mass is 16.4. The summed E-state index contributed by atoms with van der Waals surface area (Å²) < 4.78 is 0. The molecule has 0 aromatic carbocycles. The summed E-state index contributed by atoms with van der Waals surface area (Å²) in [7, 11) is 0. The van der Waals surface area contributed by atoms with E-state index in [4.69, 9.17) is 16.6 Å². The van der Waals surface area contributed by atoms with Gasteiger partial charge in [-0.3, -0.25) is 9.59 Å². The van der Waals surface area contributed by atoms with E-state index < -0.39 is 12.4 Å². The van der Waals surface area contributed by atoms with E-state index >= 15 is 0 Å². The Balaban J connectivity index is 3.85.